The van der Waals surface area contributed by atoms with Crippen molar-refractivity contribution >= 4 is 17.6 Å². The van der Waals surface area contributed by atoms with Crippen LogP contribution in [-0.4, -0.2) is 28.9 Å². The Kier molecular flexibility index (Phi) is 6.03. The third-order valence-corrected chi connectivity index (χ3v) is 6.64. The fraction of sp³-hybridized carbons (Fsp3) is 0.357. The summed E-state index contributed by atoms with van der Waals surface area (Å²) in [7, 11) is 0. The Hall–Kier alpha value is -3.34. The molecule has 2 heterocycles. The fourth-order valence-corrected chi connectivity index (χ4v) is 5.14. The van der Waals surface area contributed by atoms with Gasteiger partial charge in [0.15, 0.2) is 0 Å². The van der Waals surface area contributed by atoms with Crippen molar-refractivity contribution < 1.29 is 9.21 Å². The molecule has 0 N–H and O–H groups in total. The minimum atomic E-state index is -0.427. The molecule has 2 aliphatic rings. The zero-order chi connectivity index (χ0) is 22.8. The minimum absolute atomic E-state index is 0.0429. The topological polar surface area (TPSA) is 49.1 Å². The van der Waals surface area contributed by atoms with Crippen molar-refractivity contribution in [1.29, 1.82) is 0 Å². The van der Waals surface area contributed by atoms with E-state index in [4.69, 9.17) is 9.41 Å². The van der Waals surface area contributed by atoms with Crippen molar-refractivity contribution in [1.82, 2.24) is 4.90 Å². The number of guanidine groups is 1. The SMILES string of the molecule is Cc1cc(C)cc(N2C(=O)C(Cc3ccccc3)N=C2N(Cc2ccco2)C2CCCC2)c1. The molecule has 1 aliphatic heterocycles. The van der Waals surface area contributed by atoms with Crippen LogP contribution in [0.3, 0.4) is 0 Å². The van der Waals surface area contributed by atoms with Gasteiger partial charge in [0, 0.05) is 12.5 Å². The second-order valence-corrected chi connectivity index (χ2v) is 9.30. The van der Waals surface area contributed by atoms with Crippen LogP contribution in [0.4, 0.5) is 5.69 Å². The number of carbonyl (C=O) groups excluding carboxylic acids is 1. The number of hydrogen-bond acceptors (Lipinski definition) is 4. The molecule has 3 aromatic rings. The third-order valence-electron chi connectivity index (χ3n) is 6.64. The molecule has 5 rings (SSSR count). The van der Waals surface area contributed by atoms with Crippen LogP contribution >= 0.6 is 0 Å². The molecule has 33 heavy (non-hydrogen) atoms. The van der Waals surface area contributed by atoms with E-state index in [1.54, 1.807) is 6.26 Å². The van der Waals surface area contributed by atoms with Crippen molar-refractivity contribution in [2.24, 2.45) is 4.99 Å². The summed E-state index contributed by atoms with van der Waals surface area (Å²) in [4.78, 5) is 23.1. The molecule has 1 aromatic heterocycles. The first kappa shape index (κ1) is 21.5. The van der Waals surface area contributed by atoms with E-state index in [9.17, 15) is 4.79 Å². The van der Waals surface area contributed by atoms with Crippen LogP contribution < -0.4 is 4.90 Å². The normalized spacial score (nSPS) is 18.7. The molecule has 1 amide bonds. The fourth-order valence-electron chi connectivity index (χ4n) is 5.14. The highest BCUT2D eigenvalue weighted by molar-refractivity contribution is 6.22. The number of amides is 1. The molecule has 5 heteroatoms. The molecule has 5 nitrogen and oxygen atoms in total. The molecular formula is C28H31N3O2. The van der Waals surface area contributed by atoms with Gasteiger partial charge in [0.05, 0.1) is 18.5 Å². The Morgan fingerprint density at radius 1 is 1.00 bits per heavy atom. The summed E-state index contributed by atoms with van der Waals surface area (Å²) in [5, 5.41) is 0. The van der Waals surface area contributed by atoms with Crippen LogP contribution in [0.25, 0.3) is 0 Å². The maximum Gasteiger partial charge on any atom is 0.259 e. The van der Waals surface area contributed by atoms with E-state index in [1.165, 1.54) is 12.8 Å². The molecule has 2 aromatic carbocycles. The first-order chi connectivity index (χ1) is 16.1. The standard InChI is InChI=1S/C28H31N3O2/c1-20-15-21(2)17-24(16-20)31-27(32)26(18-22-9-4-3-5-10-22)29-28(31)30(23-11-6-7-12-23)19-25-13-8-14-33-25/h3-5,8-10,13-17,23,26H,6-7,11-12,18-19H2,1-2H3. The molecule has 1 aliphatic carbocycles. The highest BCUT2D eigenvalue weighted by atomic mass is 16.3. The third kappa shape index (κ3) is 4.58. The van der Waals surface area contributed by atoms with Crippen molar-refractivity contribution in [3.8, 4) is 0 Å². The molecule has 1 atom stereocenters. The summed E-state index contributed by atoms with van der Waals surface area (Å²) in [6.07, 6.45) is 6.94. The predicted octanol–water partition coefficient (Wildman–Crippen LogP) is 5.66. The lowest BCUT2D eigenvalue weighted by Gasteiger charge is -2.34. The van der Waals surface area contributed by atoms with Crippen molar-refractivity contribution in [3.05, 3.63) is 89.4 Å². The van der Waals surface area contributed by atoms with Crippen molar-refractivity contribution in [2.75, 3.05) is 4.90 Å². The van der Waals surface area contributed by atoms with E-state index >= 15 is 0 Å². The number of nitrogens with zero attached hydrogens (tertiary/aromatic N) is 3. The Balaban J connectivity index is 1.56. The van der Waals surface area contributed by atoms with Crippen LogP contribution in [0.15, 0.2) is 76.3 Å². The van der Waals surface area contributed by atoms with Gasteiger partial charge >= 0.3 is 0 Å². The molecule has 170 valence electrons. The molecule has 0 saturated heterocycles. The number of furan rings is 1. The zero-order valence-electron chi connectivity index (χ0n) is 19.4. The van der Waals surface area contributed by atoms with Gasteiger partial charge in [-0.1, -0.05) is 49.2 Å². The quantitative estimate of drug-likeness (QED) is 0.496. The van der Waals surface area contributed by atoms with Crippen molar-refractivity contribution in [3.63, 3.8) is 0 Å². The number of aryl methyl sites for hydroxylation is 2. The smallest absolute Gasteiger partial charge is 0.259 e. The molecule has 0 bridgehead atoms. The van der Waals surface area contributed by atoms with Crippen LogP contribution in [0, 0.1) is 13.8 Å². The summed E-state index contributed by atoms with van der Waals surface area (Å²) in [6.45, 7) is 4.77. The highest BCUT2D eigenvalue weighted by Crippen LogP contribution is 2.32. The number of anilines is 1. The zero-order valence-corrected chi connectivity index (χ0v) is 19.4. The largest absolute Gasteiger partial charge is 0.467 e. The molecule has 1 unspecified atom stereocenters. The Labute approximate surface area is 195 Å². The first-order valence-corrected chi connectivity index (χ1v) is 11.9. The van der Waals surface area contributed by atoms with E-state index in [0.29, 0.717) is 19.0 Å². The molecule has 1 saturated carbocycles. The number of rotatable bonds is 6. The summed E-state index contributed by atoms with van der Waals surface area (Å²) < 4.78 is 5.71. The number of hydrogen-bond donors (Lipinski definition) is 0. The number of aliphatic imine (C=N–C) groups is 1. The molecule has 1 fully saturated rings. The summed E-state index contributed by atoms with van der Waals surface area (Å²) in [5.74, 6) is 1.69. The van der Waals surface area contributed by atoms with Gasteiger partial charge < -0.3 is 9.32 Å². The lowest BCUT2D eigenvalue weighted by Crippen LogP contribution is -2.48. The van der Waals surface area contributed by atoms with Crippen molar-refractivity contribution in [2.45, 2.75) is 64.6 Å². The van der Waals surface area contributed by atoms with Gasteiger partial charge in [0.1, 0.15) is 11.8 Å². The van der Waals surface area contributed by atoms with Gasteiger partial charge in [-0.2, -0.15) is 0 Å². The van der Waals surface area contributed by atoms with Gasteiger partial charge in [-0.3, -0.25) is 4.79 Å². The van der Waals surface area contributed by atoms with Gasteiger partial charge in [0.25, 0.3) is 5.91 Å². The van der Waals surface area contributed by atoms with Gasteiger partial charge in [-0.25, -0.2) is 9.89 Å². The molecular weight excluding hydrogens is 410 g/mol. The van der Waals surface area contributed by atoms with Crippen LogP contribution in [0.1, 0.15) is 48.1 Å². The van der Waals surface area contributed by atoms with E-state index in [-0.39, 0.29) is 5.91 Å². The minimum Gasteiger partial charge on any atom is -0.467 e. The predicted molar refractivity (Wildman–Crippen MR) is 131 cm³/mol. The molecule has 0 spiro atoms. The van der Waals surface area contributed by atoms with Gasteiger partial charge in [-0.15, -0.1) is 0 Å². The summed E-state index contributed by atoms with van der Waals surface area (Å²) in [5.41, 5.74) is 4.30. The monoisotopic (exact) mass is 441 g/mol. The van der Waals surface area contributed by atoms with E-state index < -0.39 is 6.04 Å². The second kappa shape index (κ2) is 9.26. The number of carbonyl (C=O) groups is 1. The maximum atomic E-state index is 13.8. The Morgan fingerprint density at radius 3 is 2.39 bits per heavy atom. The van der Waals surface area contributed by atoms with E-state index in [0.717, 1.165) is 46.9 Å². The first-order valence-electron chi connectivity index (χ1n) is 11.9. The van der Waals surface area contributed by atoms with Gasteiger partial charge in [-0.05, 0) is 67.6 Å². The second-order valence-electron chi connectivity index (χ2n) is 9.30. The Morgan fingerprint density at radius 2 is 1.73 bits per heavy atom. The van der Waals surface area contributed by atoms with Gasteiger partial charge in [0.2, 0.25) is 5.96 Å². The van der Waals surface area contributed by atoms with E-state index in [2.05, 4.69) is 49.1 Å². The Bertz CT molecular complexity index is 1110. The highest BCUT2D eigenvalue weighted by Gasteiger charge is 2.41. The lowest BCUT2D eigenvalue weighted by atomic mass is 10.1. The van der Waals surface area contributed by atoms with Crippen LogP contribution in [-0.2, 0) is 17.8 Å². The maximum absolute atomic E-state index is 13.8. The summed E-state index contributed by atoms with van der Waals surface area (Å²) >= 11 is 0. The lowest BCUT2D eigenvalue weighted by molar-refractivity contribution is -0.118. The van der Waals surface area contributed by atoms with E-state index in [1.807, 2.05) is 35.2 Å². The summed E-state index contributed by atoms with van der Waals surface area (Å²) in [6, 6.07) is 20.3. The van der Waals surface area contributed by atoms with Crippen LogP contribution in [0.2, 0.25) is 0 Å². The number of benzene rings is 2. The molecule has 0 radical (unpaired) electrons. The average molecular weight is 442 g/mol. The van der Waals surface area contributed by atoms with Crippen LogP contribution in [0.5, 0.6) is 0 Å². The average Bonchev–Trinajstić information content (AvgIpc) is 3.55.